The Labute approximate surface area is 175 Å². The Morgan fingerprint density at radius 1 is 1.10 bits per heavy atom. The highest BCUT2D eigenvalue weighted by Gasteiger charge is 2.23. The van der Waals surface area contributed by atoms with Crippen LogP contribution in [0.15, 0.2) is 35.3 Å². The van der Waals surface area contributed by atoms with Crippen molar-refractivity contribution in [3.8, 4) is 0 Å². The van der Waals surface area contributed by atoms with Gasteiger partial charge in [0.2, 0.25) is 0 Å². The molecule has 158 valence electrons. The summed E-state index contributed by atoms with van der Waals surface area (Å²) in [5, 5.41) is 11.8. The molecule has 3 rings (SSSR count). The van der Waals surface area contributed by atoms with Crippen molar-refractivity contribution >= 4 is 5.96 Å². The Balaban J connectivity index is 1.65. The summed E-state index contributed by atoms with van der Waals surface area (Å²) in [4.78, 5) is 7.05. The minimum absolute atomic E-state index is 0.369. The predicted octanol–water partition coefficient (Wildman–Crippen LogP) is 3.05. The van der Waals surface area contributed by atoms with E-state index in [1.807, 2.05) is 18.8 Å². The SMILES string of the molecule is CCc1nn(C)c(CC)c1CNC(=NC)NCC(c1ccccc1)N1CCCC1. The van der Waals surface area contributed by atoms with Gasteiger partial charge in [0.1, 0.15) is 0 Å². The molecule has 2 aromatic rings. The van der Waals surface area contributed by atoms with Gasteiger partial charge in [0.25, 0.3) is 0 Å². The van der Waals surface area contributed by atoms with Crippen molar-refractivity contribution in [1.82, 2.24) is 25.3 Å². The van der Waals surface area contributed by atoms with Crippen molar-refractivity contribution < 1.29 is 0 Å². The highest BCUT2D eigenvalue weighted by molar-refractivity contribution is 5.79. The van der Waals surface area contributed by atoms with E-state index in [9.17, 15) is 0 Å². The first-order valence-electron chi connectivity index (χ1n) is 10.9. The van der Waals surface area contributed by atoms with E-state index in [0.29, 0.717) is 6.04 Å². The maximum absolute atomic E-state index is 4.68. The average molecular weight is 397 g/mol. The number of rotatable bonds is 8. The van der Waals surface area contributed by atoms with Gasteiger partial charge >= 0.3 is 0 Å². The number of aryl methyl sites for hydroxylation is 2. The summed E-state index contributed by atoms with van der Waals surface area (Å²) in [5.74, 6) is 0.845. The van der Waals surface area contributed by atoms with Crippen LogP contribution in [0.3, 0.4) is 0 Å². The maximum Gasteiger partial charge on any atom is 0.191 e. The second kappa shape index (κ2) is 10.4. The molecule has 1 aromatic heterocycles. The van der Waals surface area contributed by atoms with Crippen molar-refractivity contribution in [3.63, 3.8) is 0 Å². The lowest BCUT2D eigenvalue weighted by Gasteiger charge is -2.29. The Bertz CT molecular complexity index is 789. The van der Waals surface area contributed by atoms with E-state index in [1.54, 1.807) is 0 Å². The van der Waals surface area contributed by atoms with Crippen LogP contribution >= 0.6 is 0 Å². The minimum Gasteiger partial charge on any atom is -0.354 e. The topological polar surface area (TPSA) is 57.5 Å². The van der Waals surface area contributed by atoms with Gasteiger partial charge in [0.15, 0.2) is 5.96 Å². The molecule has 0 aliphatic carbocycles. The molecule has 1 atom stereocenters. The van der Waals surface area contributed by atoms with Gasteiger partial charge in [0.05, 0.1) is 11.7 Å². The van der Waals surface area contributed by atoms with Gasteiger partial charge in [-0.1, -0.05) is 44.2 Å². The molecule has 1 aromatic carbocycles. The van der Waals surface area contributed by atoms with E-state index in [-0.39, 0.29) is 0 Å². The molecule has 0 radical (unpaired) electrons. The summed E-state index contributed by atoms with van der Waals surface area (Å²) in [6.07, 6.45) is 4.51. The van der Waals surface area contributed by atoms with Gasteiger partial charge < -0.3 is 10.6 Å². The molecule has 0 bridgehead atoms. The smallest absolute Gasteiger partial charge is 0.191 e. The second-order valence-electron chi connectivity index (χ2n) is 7.68. The van der Waals surface area contributed by atoms with Crippen LogP contribution in [0.4, 0.5) is 0 Å². The molecule has 0 spiro atoms. The van der Waals surface area contributed by atoms with E-state index in [0.717, 1.165) is 31.9 Å². The molecule has 1 saturated heterocycles. The summed E-state index contributed by atoms with van der Waals surface area (Å²) in [5.41, 5.74) is 5.14. The second-order valence-corrected chi connectivity index (χ2v) is 7.68. The molecule has 6 nitrogen and oxygen atoms in total. The lowest BCUT2D eigenvalue weighted by molar-refractivity contribution is 0.245. The molecule has 0 amide bonds. The molecule has 1 aliphatic rings. The maximum atomic E-state index is 4.68. The Kier molecular flexibility index (Phi) is 7.69. The van der Waals surface area contributed by atoms with Gasteiger partial charge in [0, 0.05) is 38.4 Å². The Morgan fingerprint density at radius 3 is 2.45 bits per heavy atom. The minimum atomic E-state index is 0.369. The third kappa shape index (κ3) is 5.18. The third-order valence-corrected chi connectivity index (χ3v) is 5.91. The fraction of sp³-hybridized carbons (Fsp3) is 0.565. The van der Waals surface area contributed by atoms with Crippen molar-refractivity contribution in [3.05, 3.63) is 52.8 Å². The first kappa shape index (κ1) is 21.4. The van der Waals surface area contributed by atoms with Crippen molar-refractivity contribution in [2.75, 3.05) is 26.7 Å². The molecule has 1 unspecified atom stereocenters. The number of likely N-dealkylation sites (tertiary alicyclic amines) is 1. The number of aliphatic imine (C=N–C) groups is 1. The Morgan fingerprint density at radius 2 is 1.83 bits per heavy atom. The fourth-order valence-electron chi connectivity index (χ4n) is 4.37. The number of guanidine groups is 1. The number of benzene rings is 1. The predicted molar refractivity (Wildman–Crippen MR) is 120 cm³/mol. The third-order valence-electron chi connectivity index (χ3n) is 5.91. The van der Waals surface area contributed by atoms with Gasteiger partial charge in [-0.25, -0.2) is 0 Å². The zero-order valence-electron chi connectivity index (χ0n) is 18.4. The highest BCUT2D eigenvalue weighted by Crippen LogP contribution is 2.24. The molecule has 0 saturated carbocycles. The van der Waals surface area contributed by atoms with Crippen molar-refractivity contribution in [2.45, 2.75) is 52.1 Å². The lowest BCUT2D eigenvalue weighted by Crippen LogP contribution is -2.42. The lowest BCUT2D eigenvalue weighted by atomic mass is 10.1. The molecule has 2 N–H and O–H groups in total. The van der Waals surface area contributed by atoms with Crippen molar-refractivity contribution in [1.29, 1.82) is 0 Å². The first-order chi connectivity index (χ1) is 14.2. The summed E-state index contributed by atoms with van der Waals surface area (Å²) in [6, 6.07) is 11.2. The summed E-state index contributed by atoms with van der Waals surface area (Å²) < 4.78 is 2.02. The number of nitrogens with one attached hydrogen (secondary N) is 2. The van der Waals surface area contributed by atoms with Gasteiger partial charge in [-0.05, 0) is 44.3 Å². The van der Waals surface area contributed by atoms with E-state index in [4.69, 9.17) is 0 Å². The summed E-state index contributed by atoms with van der Waals surface area (Å²) >= 11 is 0. The highest BCUT2D eigenvalue weighted by atomic mass is 15.3. The quantitative estimate of drug-likeness (QED) is 0.532. The molecular weight excluding hydrogens is 360 g/mol. The molecule has 1 fully saturated rings. The number of hydrogen-bond donors (Lipinski definition) is 2. The molecular formula is C23H36N6. The number of aromatic nitrogens is 2. The van der Waals surface area contributed by atoms with Crippen LogP contribution in [0.1, 0.15) is 55.2 Å². The molecule has 29 heavy (non-hydrogen) atoms. The van der Waals surface area contributed by atoms with Gasteiger partial charge in [-0.15, -0.1) is 0 Å². The van der Waals surface area contributed by atoms with E-state index in [2.05, 4.69) is 69.8 Å². The average Bonchev–Trinajstić information content (AvgIpc) is 3.38. The summed E-state index contributed by atoms with van der Waals surface area (Å²) in [6.45, 7) is 8.29. The largest absolute Gasteiger partial charge is 0.354 e. The fourth-order valence-corrected chi connectivity index (χ4v) is 4.37. The van der Waals surface area contributed by atoms with E-state index in [1.165, 1.54) is 48.4 Å². The zero-order chi connectivity index (χ0) is 20.6. The number of nitrogens with zero attached hydrogens (tertiary/aromatic N) is 4. The molecule has 2 heterocycles. The van der Waals surface area contributed by atoms with Gasteiger partial charge in [-0.2, -0.15) is 5.10 Å². The van der Waals surface area contributed by atoms with Crippen LogP contribution in [0, 0.1) is 0 Å². The van der Waals surface area contributed by atoms with E-state index < -0.39 is 0 Å². The zero-order valence-corrected chi connectivity index (χ0v) is 18.4. The standard InChI is InChI=1S/C23H36N6/c1-5-20-19(21(6-2)28(4)27-20)16-25-23(24-3)26-17-22(29-14-10-11-15-29)18-12-8-7-9-13-18/h7-9,12-13,22H,5-6,10-11,14-17H2,1-4H3,(H2,24,25,26). The van der Waals surface area contributed by atoms with Crippen LogP contribution in [0.5, 0.6) is 0 Å². The normalized spacial score (nSPS) is 16.2. The summed E-state index contributed by atoms with van der Waals surface area (Å²) in [7, 11) is 3.88. The molecule has 6 heteroatoms. The van der Waals surface area contributed by atoms with Crippen LogP contribution < -0.4 is 10.6 Å². The van der Waals surface area contributed by atoms with Crippen LogP contribution in [0.2, 0.25) is 0 Å². The van der Waals surface area contributed by atoms with Crippen LogP contribution in [0.25, 0.3) is 0 Å². The first-order valence-corrected chi connectivity index (χ1v) is 10.9. The van der Waals surface area contributed by atoms with Gasteiger partial charge in [-0.3, -0.25) is 14.6 Å². The monoisotopic (exact) mass is 396 g/mol. The van der Waals surface area contributed by atoms with E-state index >= 15 is 0 Å². The van der Waals surface area contributed by atoms with Crippen molar-refractivity contribution in [2.24, 2.45) is 12.0 Å². The Hall–Kier alpha value is -2.34. The molecule has 1 aliphatic heterocycles. The van der Waals surface area contributed by atoms with Crippen LogP contribution in [-0.2, 0) is 26.4 Å². The number of hydrogen-bond acceptors (Lipinski definition) is 3. The van der Waals surface area contributed by atoms with Crippen LogP contribution in [-0.4, -0.2) is 47.3 Å².